The minimum absolute atomic E-state index is 0.0467. The largest absolute Gasteiger partial charge is 0.446 e. The number of rotatable bonds is 7. The fraction of sp³-hybridized carbons (Fsp3) is 0.526. The van der Waals surface area contributed by atoms with Crippen LogP contribution in [-0.2, 0) is 14.8 Å². The summed E-state index contributed by atoms with van der Waals surface area (Å²) in [6.45, 7) is 3.79. The summed E-state index contributed by atoms with van der Waals surface area (Å²) in [5, 5.41) is 13.2. The van der Waals surface area contributed by atoms with Crippen molar-refractivity contribution < 1.29 is 17.9 Å². The van der Waals surface area contributed by atoms with Crippen LogP contribution in [-0.4, -0.2) is 55.1 Å². The molecule has 3 N–H and O–H groups in total. The second-order valence-corrected chi connectivity index (χ2v) is 9.82. The molecule has 0 aliphatic heterocycles. The van der Waals surface area contributed by atoms with E-state index in [0.717, 1.165) is 35.5 Å². The maximum absolute atomic E-state index is 11.8. The highest BCUT2D eigenvalue weighted by molar-refractivity contribution is 7.92. The molecule has 1 saturated carbocycles. The smallest absolute Gasteiger partial charge is 0.407 e. The van der Waals surface area contributed by atoms with Gasteiger partial charge in [-0.2, -0.15) is 5.10 Å². The molecule has 10 nitrogen and oxygen atoms in total. The van der Waals surface area contributed by atoms with Crippen molar-refractivity contribution in [3.8, 4) is 0 Å². The lowest BCUT2D eigenvalue weighted by Gasteiger charge is -2.16. The fourth-order valence-electron chi connectivity index (χ4n) is 3.33. The summed E-state index contributed by atoms with van der Waals surface area (Å²) >= 11 is 0. The molecule has 2 heterocycles. The average molecular weight is 437 g/mol. The summed E-state index contributed by atoms with van der Waals surface area (Å²) in [5.41, 5.74) is 1.45. The van der Waals surface area contributed by atoms with Gasteiger partial charge in [0, 0.05) is 30.8 Å². The number of H-pyrrole nitrogens is 1. The lowest BCUT2D eigenvalue weighted by Crippen LogP contribution is -2.33. The predicted molar refractivity (Wildman–Crippen MR) is 114 cm³/mol. The van der Waals surface area contributed by atoms with Gasteiger partial charge in [0.25, 0.3) is 0 Å². The highest BCUT2D eigenvalue weighted by Gasteiger charge is 2.30. The Kier molecular flexibility index (Phi) is 6.49. The van der Waals surface area contributed by atoms with Crippen LogP contribution in [0.1, 0.15) is 44.7 Å². The van der Waals surface area contributed by atoms with Crippen molar-refractivity contribution in [1.29, 1.82) is 0 Å². The maximum Gasteiger partial charge on any atom is 0.407 e. The number of aromatic amines is 1. The Labute approximate surface area is 176 Å². The van der Waals surface area contributed by atoms with Crippen molar-refractivity contribution in [3.63, 3.8) is 0 Å². The Morgan fingerprint density at radius 3 is 2.70 bits per heavy atom. The quantitative estimate of drug-likeness (QED) is 0.608. The van der Waals surface area contributed by atoms with Crippen molar-refractivity contribution in [2.45, 2.75) is 51.2 Å². The monoisotopic (exact) mass is 436 g/mol. The third-order valence-corrected chi connectivity index (χ3v) is 6.17. The number of anilines is 3. The first-order valence-corrected chi connectivity index (χ1v) is 11.7. The molecule has 2 atom stereocenters. The molecule has 2 aromatic rings. The van der Waals surface area contributed by atoms with Crippen molar-refractivity contribution in [3.05, 3.63) is 30.1 Å². The molecule has 3 rings (SSSR count). The van der Waals surface area contributed by atoms with Gasteiger partial charge in [-0.1, -0.05) is 0 Å². The van der Waals surface area contributed by atoms with Crippen LogP contribution in [0, 0.1) is 0 Å². The van der Waals surface area contributed by atoms with Crippen LogP contribution < -0.4 is 14.9 Å². The summed E-state index contributed by atoms with van der Waals surface area (Å²) in [5.74, 6) is 1.41. The van der Waals surface area contributed by atoms with Crippen molar-refractivity contribution in [2.75, 3.05) is 22.9 Å². The number of carbonyl (C=O) groups excluding carboxylic acids is 1. The van der Waals surface area contributed by atoms with Gasteiger partial charge < -0.3 is 15.4 Å². The molecule has 0 spiro atoms. The number of nitrogens with one attached hydrogen (secondary N) is 3. The Morgan fingerprint density at radius 1 is 1.30 bits per heavy atom. The highest BCUT2D eigenvalue weighted by Crippen LogP contribution is 2.36. The number of carbonyl (C=O) groups is 1. The molecule has 0 aromatic carbocycles. The minimum atomic E-state index is -3.33. The van der Waals surface area contributed by atoms with Gasteiger partial charge in [0.05, 0.1) is 18.1 Å². The van der Waals surface area contributed by atoms with Crippen LogP contribution in [0.2, 0.25) is 0 Å². The highest BCUT2D eigenvalue weighted by atomic mass is 32.2. The van der Waals surface area contributed by atoms with Gasteiger partial charge in [0.15, 0.2) is 5.82 Å². The lowest BCUT2D eigenvalue weighted by molar-refractivity contribution is 0.0981. The Hall–Kier alpha value is -2.82. The van der Waals surface area contributed by atoms with Crippen molar-refractivity contribution in [1.82, 2.24) is 20.5 Å². The van der Waals surface area contributed by atoms with E-state index < -0.39 is 10.0 Å². The zero-order valence-corrected chi connectivity index (χ0v) is 18.4. The first-order chi connectivity index (χ1) is 14.1. The summed E-state index contributed by atoms with van der Waals surface area (Å²) in [6, 6.07) is 5.33. The summed E-state index contributed by atoms with van der Waals surface area (Å²) in [6.07, 6.45) is 4.62. The van der Waals surface area contributed by atoms with E-state index in [4.69, 9.17) is 4.74 Å². The van der Waals surface area contributed by atoms with E-state index in [9.17, 15) is 13.2 Å². The average Bonchev–Trinajstić information content (AvgIpc) is 3.29. The normalized spacial score (nSPS) is 19.0. The summed E-state index contributed by atoms with van der Waals surface area (Å²) < 4.78 is 29.8. The van der Waals surface area contributed by atoms with Crippen LogP contribution in [0.15, 0.2) is 24.4 Å². The zero-order valence-electron chi connectivity index (χ0n) is 17.5. The first kappa shape index (κ1) is 21.9. The summed E-state index contributed by atoms with van der Waals surface area (Å²) in [4.78, 5) is 16.0. The molecular formula is C19H28N6O4S. The number of ether oxygens (including phenoxy) is 1. The summed E-state index contributed by atoms with van der Waals surface area (Å²) in [7, 11) is -1.86. The molecule has 2 unspecified atom stereocenters. The Balaban J connectivity index is 1.56. The van der Waals surface area contributed by atoms with Crippen LogP contribution in [0.5, 0.6) is 0 Å². The topological polar surface area (TPSA) is 129 Å². The molecule has 164 valence electrons. The van der Waals surface area contributed by atoms with E-state index >= 15 is 0 Å². The maximum atomic E-state index is 11.8. The minimum Gasteiger partial charge on any atom is -0.446 e. The van der Waals surface area contributed by atoms with Gasteiger partial charge in [-0.05, 0) is 45.2 Å². The predicted octanol–water partition coefficient (Wildman–Crippen LogP) is 2.71. The molecule has 0 radical (unpaired) electrons. The van der Waals surface area contributed by atoms with Crippen LogP contribution in [0.25, 0.3) is 0 Å². The number of nitrogens with zero attached hydrogens (tertiary/aromatic N) is 3. The number of hydrogen-bond donors (Lipinski definition) is 3. The van der Waals surface area contributed by atoms with Gasteiger partial charge in [-0.3, -0.25) is 9.40 Å². The second-order valence-electron chi connectivity index (χ2n) is 7.80. The van der Waals surface area contributed by atoms with E-state index in [1.807, 2.05) is 19.9 Å². The van der Waals surface area contributed by atoms with Gasteiger partial charge in [0.1, 0.15) is 11.9 Å². The molecular weight excluding hydrogens is 408 g/mol. The van der Waals surface area contributed by atoms with Gasteiger partial charge in [-0.25, -0.2) is 18.2 Å². The molecule has 30 heavy (non-hydrogen) atoms. The Bertz CT molecular complexity index is 973. The van der Waals surface area contributed by atoms with Gasteiger partial charge in [-0.15, -0.1) is 0 Å². The zero-order chi connectivity index (χ0) is 21.9. The van der Waals surface area contributed by atoms with Gasteiger partial charge in [0.2, 0.25) is 10.0 Å². The molecule has 1 aliphatic rings. The van der Waals surface area contributed by atoms with Gasteiger partial charge >= 0.3 is 6.09 Å². The molecule has 1 amide bonds. The molecule has 1 fully saturated rings. The third-order valence-electron chi connectivity index (χ3n) is 4.97. The molecule has 0 bridgehead atoms. The Morgan fingerprint density at radius 2 is 2.07 bits per heavy atom. The van der Waals surface area contributed by atoms with Crippen LogP contribution in [0.4, 0.5) is 22.1 Å². The standard InChI is InChI=1S/C19H28N6O4S/c1-12(2)21-19(26)29-15-7-5-13(9-15)16-10-18(24-23-16)22-17-8-6-14(11-20-17)25(3)30(4,27)28/h6,8,10-13,15H,5,7,9H2,1-4H3,(H,21,26)(H2,20,22,23,24). The van der Waals surface area contributed by atoms with Crippen molar-refractivity contribution >= 4 is 33.4 Å². The number of hydrogen-bond acceptors (Lipinski definition) is 7. The number of amides is 1. The van der Waals surface area contributed by atoms with Crippen molar-refractivity contribution in [2.24, 2.45) is 0 Å². The molecule has 1 aliphatic carbocycles. The lowest BCUT2D eigenvalue weighted by atomic mass is 10.0. The molecule has 11 heteroatoms. The van der Waals surface area contributed by atoms with Crippen LogP contribution >= 0.6 is 0 Å². The fourth-order valence-corrected chi connectivity index (χ4v) is 3.82. The SMILES string of the molecule is CC(C)NC(=O)OC1CCC(c2cc(Nc3ccc(N(C)S(C)(=O)=O)cn3)n[nH]2)C1. The van der Waals surface area contributed by atoms with E-state index in [1.165, 1.54) is 13.2 Å². The van der Waals surface area contributed by atoms with Crippen LogP contribution in [0.3, 0.4) is 0 Å². The first-order valence-electron chi connectivity index (χ1n) is 9.81. The molecule has 0 saturated heterocycles. The van der Waals surface area contributed by atoms with E-state index in [1.54, 1.807) is 12.1 Å². The van der Waals surface area contributed by atoms with E-state index in [2.05, 4.69) is 25.8 Å². The number of pyridine rings is 1. The van der Waals surface area contributed by atoms with E-state index in [0.29, 0.717) is 17.3 Å². The second kappa shape index (κ2) is 8.90. The van der Waals surface area contributed by atoms with E-state index in [-0.39, 0.29) is 24.2 Å². The number of aromatic nitrogens is 3. The third kappa shape index (κ3) is 5.62. The molecule has 2 aromatic heterocycles. The number of sulfonamides is 1. The number of alkyl carbamates (subject to hydrolysis) is 1.